The second-order valence-electron chi connectivity index (χ2n) is 7.33. The van der Waals surface area contributed by atoms with Gasteiger partial charge in [0.05, 0.1) is 0 Å². The molecule has 0 radical (unpaired) electrons. The van der Waals surface area contributed by atoms with E-state index in [9.17, 15) is 0 Å². The van der Waals surface area contributed by atoms with Crippen molar-refractivity contribution in [2.24, 2.45) is 17.6 Å². The van der Waals surface area contributed by atoms with Crippen LogP contribution in [0.4, 0.5) is 0 Å². The van der Waals surface area contributed by atoms with Crippen LogP contribution in [-0.2, 0) is 5.75 Å². The molecular weight excluding hydrogens is 334 g/mol. The van der Waals surface area contributed by atoms with Crippen molar-refractivity contribution in [2.45, 2.75) is 50.2 Å². The topological polar surface area (TPSA) is 26.0 Å². The van der Waals surface area contributed by atoms with Crippen LogP contribution in [0.15, 0.2) is 47.7 Å². The van der Waals surface area contributed by atoms with Gasteiger partial charge in [0, 0.05) is 22.6 Å². The number of benzene rings is 1. The molecule has 0 bridgehead atoms. The van der Waals surface area contributed by atoms with E-state index in [2.05, 4.69) is 37.8 Å². The van der Waals surface area contributed by atoms with E-state index in [0.717, 1.165) is 42.4 Å². The summed E-state index contributed by atoms with van der Waals surface area (Å²) in [6, 6.07) is 8.80. The highest BCUT2D eigenvalue weighted by Crippen LogP contribution is 2.45. The van der Waals surface area contributed by atoms with Gasteiger partial charge >= 0.3 is 0 Å². The van der Waals surface area contributed by atoms with Crippen LogP contribution in [0.3, 0.4) is 0 Å². The van der Waals surface area contributed by atoms with Gasteiger partial charge in [0.1, 0.15) is 0 Å². The monoisotopic (exact) mass is 361 g/mol. The zero-order valence-electron chi connectivity index (χ0n) is 14.6. The second kappa shape index (κ2) is 8.01. The molecule has 130 valence electrons. The largest absolute Gasteiger partial charge is 0.402 e. The van der Waals surface area contributed by atoms with E-state index in [1.807, 2.05) is 11.8 Å². The molecule has 2 aliphatic rings. The van der Waals surface area contributed by atoms with E-state index < -0.39 is 0 Å². The number of nitrogens with two attached hydrogens (primary N) is 1. The Labute approximate surface area is 155 Å². The van der Waals surface area contributed by atoms with Crippen molar-refractivity contribution in [3.05, 3.63) is 58.8 Å². The molecule has 2 aliphatic carbocycles. The lowest BCUT2D eigenvalue weighted by molar-refractivity contribution is 0.286. The predicted octanol–water partition coefficient (Wildman–Crippen LogP) is 5.81. The SMILES string of the molecule is C=C1C(CSCc2ccc(C)cc2)=C(N)CC1C1CCC(Cl)CC1. The van der Waals surface area contributed by atoms with Gasteiger partial charge < -0.3 is 5.73 Å². The maximum atomic E-state index is 6.37. The van der Waals surface area contributed by atoms with Gasteiger partial charge in [-0.05, 0) is 67.6 Å². The van der Waals surface area contributed by atoms with Crippen molar-refractivity contribution in [2.75, 3.05) is 5.75 Å². The summed E-state index contributed by atoms with van der Waals surface area (Å²) in [7, 11) is 0. The van der Waals surface area contributed by atoms with Crippen LogP contribution in [0.5, 0.6) is 0 Å². The molecule has 3 heteroatoms. The molecule has 0 heterocycles. The first-order valence-electron chi connectivity index (χ1n) is 8.98. The maximum Gasteiger partial charge on any atom is 0.0336 e. The molecular formula is C21H28ClNS. The Morgan fingerprint density at radius 3 is 2.46 bits per heavy atom. The van der Waals surface area contributed by atoms with Gasteiger partial charge in [0.25, 0.3) is 0 Å². The van der Waals surface area contributed by atoms with Gasteiger partial charge in [0.15, 0.2) is 0 Å². The molecule has 0 aromatic heterocycles. The highest BCUT2D eigenvalue weighted by atomic mass is 35.5. The molecule has 1 unspecified atom stereocenters. The minimum absolute atomic E-state index is 0.380. The predicted molar refractivity (Wildman–Crippen MR) is 107 cm³/mol. The molecule has 1 aromatic carbocycles. The summed E-state index contributed by atoms with van der Waals surface area (Å²) in [4.78, 5) is 0. The van der Waals surface area contributed by atoms with Crippen molar-refractivity contribution in [3.63, 3.8) is 0 Å². The number of alkyl halides is 1. The average Bonchev–Trinajstić information content (AvgIpc) is 2.85. The van der Waals surface area contributed by atoms with Crippen LogP contribution >= 0.6 is 23.4 Å². The van der Waals surface area contributed by atoms with Crippen LogP contribution in [0.1, 0.15) is 43.2 Å². The van der Waals surface area contributed by atoms with Crippen molar-refractivity contribution < 1.29 is 0 Å². The lowest BCUT2D eigenvalue weighted by Gasteiger charge is -2.30. The quantitative estimate of drug-likeness (QED) is 0.669. The van der Waals surface area contributed by atoms with Gasteiger partial charge in [0.2, 0.25) is 0 Å². The minimum Gasteiger partial charge on any atom is -0.402 e. The highest BCUT2D eigenvalue weighted by Gasteiger charge is 2.34. The summed E-state index contributed by atoms with van der Waals surface area (Å²) >= 11 is 8.20. The van der Waals surface area contributed by atoms with E-state index in [-0.39, 0.29) is 0 Å². The number of rotatable bonds is 5. The smallest absolute Gasteiger partial charge is 0.0336 e. The molecule has 1 nitrogen and oxygen atoms in total. The lowest BCUT2D eigenvalue weighted by Crippen LogP contribution is -2.22. The number of hydrogen-bond donors (Lipinski definition) is 1. The molecule has 1 fully saturated rings. The third-order valence-corrected chi connectivity index (χ3v) is 7.04. The van der Waals surface area contributed by atoms with E-state index >= 15 is 0 Å². The van der Waals surface area contributed by atoms with Crippen LogP contribution < -0.4 is 5.73 Å². The number of aryl methyl sites for hydroxylation is 1. The van der Waals surface area contributed by atoms with Gasteiger partial charge in [-0.3, -0.25) is 0 Å². The Bertz CT molecular complexity index is 611. The fourth-order valence-electron chi connectivity index (χ4n) is 3.99. The summed E-state index contributed by atoms with van der Waals surface area (Å²) < 4.78 is 0. The minimum atomic E-state index is 0.380. The first kappa shape index (κ1) is 17.9. The maximum absolute atomic E-state index is 6.37. The molecule has 0 amide bonds. The number of thioether (sulfide) groups is 1. The third kappa shape index (κ3) is 4.21. The molecule has 0 saturated heterocycles. The van der Waals surface area contributed by atoms with Gasteiger partial charge in [-0.1, -0.05) is 36.4 Å². The zero-order chi connectivity index (χ0) is 17.1. The molecule has 0 aliphatic heterocycles. The summed E-state index contributed by atoms with van der Waals surface area (Å²) in [5, 5.41) is 0.380. The highest BCUT2D eigenvalue weighted by molar-refractivity contribution is 7.98. The summed E-state index contributed by atoms with van der Waals surface area (Å²) in [5.74, 6) is 3.31. The van der Waals surface area contributed by atoms with Gasteiger partial charge in [-0.25, -0.2) is 0 Å². The van der Waals surface area contributed by atoms with Crippen molar-refractivity contribution >= 4 is 23.4 Å². The third-order valence-electron chi connectivity index (χ3n) is 5.57. The fraction of sp³-hybridized carbons (Fsp3) is 0.524. The average molecular weight is 362 g/mol. The van der Waals surface area contributed by atoms with Gasteiger partial charge in [-0.2, -0.15) is 11.8 Å². The molecule has 3 rings (SSSR count). The van der Waals surface area contributed by atoms with Crippen molar-refractivity contribution in [1.29, 1.82) is 0 Å². The number of allylic oxidation sites excluding steroid dienone is 2. The summed E-state index contributed by atoms with van der Waals surface area (Å²) in [5.41, 5.74) is 12.8. The second-order valence-corrected chi connectivity index (χ2v) is 8.93. The first-order chi connectivity index (χ1) is 11.5. The normalized spacial score (nSPS) is 27.8. The Morgan fingerprint density at radius 2 is 1.79 bits per heavy atom. The van der Waals surface area contributed by atoms with Crippen LogP contribution in [0.25, 0.3) is 0 Å². The summed E-state index contributed by atoms with van der Waals surface area (Å²) in [6.45, 7) is 6.54. The zero-order valence-corrected chi connectivity index (χ0v) is 16.1. The Morgan fingerprint density at radius 1 is 1.12 bits per heavy atom. The first-order valence-corrected chi connectivity index (χ1v) is 10.6. The van der Waals surface area contributed by atoms with Crippen LogP contribution in [-0.4, -0.2) is 11.1 Å². The van der Waals surface area contributed by atoms with Crippen molar-refractivity contribution in [3.8, 4) is 0 Å². The molecule has 1 aromatic rings. The Hall–Kier alpha value is -0.860. The van der Waals surface area contributed by atoms with Crippen molar-refractivity contribution in [1.82, 2.24) is 0 Å². The van der Waals surface area contributed by atoms with Gasteiger partial charge in [-0.15, -0.1) is 11.6 Å². The standard InChI is InChI=1S/C21H28ClNS/c1-14-3-5-16(6-4-14)12-24-13-20-15(2)19(11-21(20)23)17-7-9-18(22)10-8-17/h3-6,17-19H,2,7-13,23H2,1H3. The molecule has 1 atom stereocenters. The summed E-state index contributed by atoms with van der Waals surface area (Å²) in [6.07, 6.45) is 5.77. The van der Waals surface area contributed by atoms with Crippen LogP contribution in [0.2, 0.25) is 0 Å². The Balaban J connectivity index is 1.53. The number of halogens is 1. The fourth-order valence-corrected chi connectivity index (χ4v) is 5.34. The van der Waals surface area contributed by atoms with E-state index in [0.29, 0.717) is 11.3 Å². The van der Waals surface area contributed by atoms with E-state index in [1.165, 1.54) is 35.1 Å². The molecule has 1 saturated carbocycles. The molecule has 2 N–H and O–H groups in total. The van der Waals surface area contributed by atoms with Crippen LogP contribution in [0, 0.1) is 18.8 Å². The van der Waals surface area contributed by atoms with E-state index in [1.54, 1.807) is 0 Å². The lowest BCUT2D eigenvalue weighted by atomic mass is 9.77. The Kier molecular flexibility index (Phi) is 5.99. The number of hydrogen-bond acceptors (Lipinski definition) is 2. The molecule has 24 heavy (non-hydrogen) atoms. The van der Waals surface area contributed by atoms with E-state index in [4.69, 9.17) is 17.3 Å². The molecule has 0 spiro atoms.